The second-order valence-corrected chi connectivity index (χ2v) is 4.78. The van der Waals surface area contributed by atoms with Gasteiger partial charge in [0.25, 0.3) is 0 Å². The van der Waals surface area contributed by atoms with Crippen LogP contribution in [0.4, 0.5) is 11.4 Å². The van der Waals surface area contributed by atoms with Gasteiger partial charge < -0.3 is 14.6 Å². The van der Waals surface area contributed by atoms with E-state index in [-0.39, 0.29) is 6.42 Å². The zero-order valence-corrected chi connectivity index (χ0v) is 12.7. The largest absolute Gasteiger partial charge is 0.481 e. The van der Waals surface area contributed by atoms with Crippen molar-refractivity contribution < 1.29 is 9.90 Å². The summed E-state index contributed by atoms with van der Waals surface area (Å²) >= 11 is 2.91. The summed E-state index contributed by atoms with van der Waals surface area (Å²) in [5, 5.41) is 8.68. The molecule has 104 valence electrons. The fourth-order valence-corrected chi connectivity index (χ4v) is 2.48. The third-order valence-electron chi connectivity index (χ3n) is 2.03. The van der Waals surface area contributed by atoms with Crippen LogP contribution >= 0.6 is 23.9 Å². The number of nitrogens with zero attached hydrogens (tertiary/aromatic N) is 1. The van der Waals surface area contributed by atoms with Crippen molar-refractivity contribution in [2.75, 3.05) is 11.0 Å². The van der Waals surface area contributed by atoms with E-state index in [1.54, 1.807) is 0 Å². The van der Waals surface area contributed by atoms with Crippen molar-refractivity contribution in [3.63, 3.8) is 0 Å². The molecule has 0 saturated carbocycles. The fourth-order valence-electron chi connectivity index (χ4n) is 1.37. The van der Waals surface area contributed by atoms with E-state index in [1.165, 1.54) is 23.9 Å². The molecule has 0 bridgehead atoms. The van der Waals surface area contributed by atoms with E-state index in [1.807, 2.05) is 38.3 Å². The number of benzene rings is 1. The van der Waals surface area contributed by atoms with Gasteiger partial charge in [-0.3, -0.25) is 4.79 Å². The lowest BCUT2D eigenvalue weighted by Gasteiger charge is -2.16. The van der Waals surface area contributed by atoms with Crippen molar-refractivity contribution in [3.05, 3.63) is 18.2 Å². The minimum atomic E-state index is -0.888. The lowest BCUT2D eigenvalue weighted by atomic mass is 10.3. The standard InChI is InChI=1S/C10H11N3O2S2.C2H6/c1-16-12-6-2-3-7-8(4-6)17-13-9(11-7)5-10(14)15;1-2/h2-4,12H,5H2,1H3,(H,11,13)(H,14,15);1-2H3. The molecule has 1 aliphatic rings. The van der Waals surface area contributed by atoms with Crippen LogP contribution in [0.1, 0.15) is 20.3 Å². The van der Waals surface area contributed by atoms with Crippen molar-refractivity contribution in [1.82, 2.24) is 4.72 Å². The van der Waals surface area contributed by atoms with Gasteiger partial charge in [-0.25, -0.2) is 4.99 Å². The Morgan fingerprint density at radius 2 is 2.26 bits per heavy atom. The van der Waals surface area contributed by atoms with Gasteiger partial charge in [0.2, 0.25) is 0 Å². The van der Waals surface area contributed by atoms with Crippen molar-refractivity contribution in [1.29, 1.82) is 0 Å². The summed E-state index contributed by atoms with van der Waals surface area (Å²) in [6.07, 6.45) is 1.87. The van der Waals surface area contributed by atoms with Gasteiger partial charge in [0.1, 0.15) is 12.3 Å². The molecule has 1 aromatic rings. The predicted molar refractivity (Wildman–Crippen MR) is 83.3 cm³/mol. The Morgan fingerprint density at radius 1 is 1.53 bits per heavy atom. The van der Waals surface area contributed by atoms with Crippen LogP contribution in [-0.4, -0.2) is 23.2 Å². The smallest absolute Gasteiger partial charge is 0.311 e. The van der Waals surface area contributed by atoms with Crippen LogP contribution in [-0.2, 0) is 4.79 Å². The summed E-state index contributed by atoms with van der Waals surface area (Å²) in [4.78, 5) is 15.8. The van der Waals surface area contributed by atoms with Gasteiger partial charge in [0.15, 0.2) is 0 Å². The number of carboxylic acid groups (broad SMARTS) is 1. The van der Waals surface area contributed by atoms with E-state index in [4.69, 9.17) is 5.11 Å². The van der Waals surface area contributed by atoms with Gasteiger partial charge in [0, 0.05) is 11.9 Å². The molecule has 19 heavy (non-hydrogen) atoms. The predicted octanol–water partition coefficient (Wildman–Crippen LogP) is 3.52. The summed E-state index contributed by atoms with van der Waals surface area (Å²) in [5.74, 6) is -0.415. The molecule has 7 heteroatoms. The Morgan fingerprint density at radius 3 is 2.89 bits per heavy atom. The molecule has 0 radical (unpaired) electrons. The van der Waals surface area contributed by atoms with Gasteiger partial charge in [-0.15, -0.1) is 0 Å². The molecule has 1 aliphatic heterocycles. The highest BCUT2D eigenvalue weighted by Crippen LogP contribution is 2.34. The SMILES string of the molecule is CC.CSNc1ccc2c(c1)SNC(CC(=O)O)=N2. The monoisotopic (exact) mass is 299 g/mol. The third kappa shape index (κ3) is 4.68. The van der Waals surface area contributed by atoms with Gasteiger partial charge in [-0.05, 0) is 30.1 Å². The molecule has 0 fully saturated rings. The first-order chi connectivity index (χ1) is 9.19. The van der Waals surface area contributed by atoms with Crippen LogP contribution in [0.2, 0.25) is 0 Å². The highest BCUT2D eigenvalue weighted by molar-refractivity contribution is 7.99. The number of fused-ring (bicyclic) bond motifs is 1. The van der Waals surface area contributed by atoms with E-state index in [9.17, 15) is 4.79 Å². The van der Waals surface area contributed by atoms with E-state index in [0.717, 1.165) is 16.3 Å². The molecule has 2 rings (SSSR count). The van der Waals surface area contributed by atoms with Gasteiger partial charge in [-0.1, -0.05) is 25.8 Å². The number of carbonyl (C=O) groups is 1. The number of aliphatic carboxylic acids is 1. The van der Waals surface area contributed by atoms with Crippen LogP contribution < -0.4 is 9.44 Å². The minimum absolute atomic E-state index is 0.0861. The van der Waals surface area contributed by atoms with Crippen molar-refractivity contribution in [2.45, 2.75) is 25.2 Å². The van der Waals surface area contributed by atoms with Crippen LogP contribution in [0.25, 0.3) is 0 Å². The number of rotatable bonds is 4. The molecule has 1 heterocycles. The molecule has 0 saturated heterocycles. The molecule has 1 aromatic carbocycles. The Labute approximate surface area is 121 Å². The van der Waals surface area contributed by atoms with Crippen molar-refractivity contribution in [2.24, 2.45) is 4.99 Å². The van der Waals surface area contributed by atoms with Gasteiger partial charge >= 0.3 is 5.97 Å². The Bertz CT molecular complexity index is 478. The highest BCUT2D eigenvalue weighted by atomic mass is 32.2. The molecule has 0 atom stereocenters. The number of aliphatic imine (C=N–C) groups is 1. The average Bonchev–Trinajstić information content (AvgIpc) is 2.41. The average molecular weight is 299 g/mol. The highest BCUT2D eigenvalue weighted by Gasteiger charge is 2.14. The Hall–Kier alpha value is -1.34. The van der Waals surface area contributed by atoms with E-state index in [2.05, 4.69) is 14.4 Å². The summed E-state index contributed by atoms with van der Waals surface area (Å²) in [5.41, 5.74) is 1.80. The molecule has 5 nitrogen and oxygen atoms in total. The summed E-state index contributed by atoms with van der Waals surface area (Å²) in [6, 6.07) is 5.78. The quantitative estimate of drug-likeness (QED) is 0.739. The normalized spacial score (nSPS) is 12.3. The second kappa shape index (κ2) is 7.96. The number of amidine groups is 1. The first kappa shape index (κ1) is 15.7. The first-order valence-corrected chi connectivity index (χ1v) is 7.88. The third-order valence-corrected chi connectivity index (χ3v) is 3.36. The van der Waals surface area contributed by atoms with Gasteiger partial charge in [-0.2, -0.15) is 0 Å². The maximum absolute atomic E-state index is 10.6. The lowest BCUT2D eigenvalue weighted by molar-refractivity contribution is -0.135. The zero-order chi connectivity index (χ0) is 14.3. The second-order valence-electron chi connectivity index (χ2n) is 3.32. The Kier molecular flexibility index (Phi) is 6.58. The number of hydrogen-bond donors (Lipinski definition) is 3. The first-order valence-electron chi connectivity index (χ1n) is 5.84. The number of hydrogen-bond acceptors (Lipinski definition) is 6. The van der Waals surface area contributed by atoms with Crippen molar-refractivity contribution in [3.8, 4) is 0 Å². The van der Waals surface area contributed by atoms with E-state index >= 15 is 0 Å². The summed E-state index contributed by atoms with van der Waals surface area (Å²) in [7, 11) is 0. The van der Waals surface area contributed by atoms with Crippen LogP contribution in [0.5, 0.6) is 0 Å². The Balaban J connectivity index is 0.000000861. The molecular formula is C12H17N3O2S2. The van der Waals surface area contributed by atoms with Crippen LogP contribution in [0, 0.1) is 0 Å². The molecule has 0 aliphatic carbocycles. The molecular weight excluding hydrogens is 282 g/mol. The van der Waals surface area contributed by atoms with E-state index < -0.39 is 5.97 Å². The molecule has 0 unspecified atom stereocenters. The fraction of sp³-hybridized carbons (Fsp3) is 0.333. The van der Waals surface area contributed by atoms with Crippen LogP contribution in [0.15, 0.2) is 28.1 Å². The molecule has 3 N–H and O–H groups in total. The van der Waals surface area contributed by atoms with Crippen molar-refractivity contribution >= 4 is 47.1 Å². The minimum Gasteiger partial charge on any atom is -0.481 e. The van der Waals surface area contributed by atoms with Gasteiger partial charge in [0.05, 0.1) is 10.6 Å². The zero-order valence-electron chi connectivity index (χ0n) is 11.1. The number of nitrogens with one attached hydrogen (secondary N) is 2. The summed E-state index contributed by atoms with van der Waals surface area (Å²) < 4.78 is 6.06. The van der Waals surface area contributed by atoms with E-state index in [0.29, 0.717) is 5.84 Å². The lowest BCUT2D eigenvalue weighted by Crippen LogP contribution is -2.21. The van der Waals surface area contributed by atoms with Crippen LogP contribution in [0.3, 0.4) is 0 Å². The maximum Gasteiger partial charge on any atom is 0.311 e. The maximum atomic E-state index is 10.6. The number of anilines is 1. The topological polar surface area (TPSA) is 73.7 Å². The molecule has 0 aromatic heterocycles. The summed E-state index contributed by atoms with van der Waals surface area (Å²) in [6.45, 7) is 4.00. The number of carboxylic acids is 1. The molecule has 0 spiro atoms. The molecule has 0 amide bonds.